The fourth-order valence-electron chi connectivity index (χ4n) is 1.86. The molecule has 0 amide bonds. The van der Waals surface area contributed by atoms with Crippen molar-refractivity contribution in [2.45, 2.75) is 33.2 Å². The van der Waals surface area contributed by atoms with Gasteiger partial charge in [-0.1, -0.05) is 13.8 Å². The van der Waals surface area contributed by atoms with Crippen LogP contribution in [0.25, 0.3) is 0 Å². The standard InChI is InChI=1S/C12H20N4O2/c1-8(2)6-10(7-13)15-12-11(16(17)18)9(3)4-5-14-12/h4-5,8,10H,6-7,13H2,1-3H3,(H,14,15). The SMILES string of the molecule is Cc1ccnc(NC(CN)CC(C)C)c1[N+](=O)[O-]. The maximum atomic E-state index is 11.0. The molecule has 1 rings (SSSR count). The van der Waals surface area contributed by atoms with Gasteiger partial charge in [-0.25, -0.2) is 4.98 Å². The molecule has 1 unspecified atom stereocenters. The largest absolute Gasteiger partial charge is 0.360 e. The van der Waals surface area contributed by atoms with Crippen LogP contribution < -0.4 is 11.1 Å². The molecule has 0 bridgehead atoms. The minimum absolute atomic E-state index is 0.00185. The van der Waals surface area contributed by atoms with Gasteiger partial charge in [0.05, 0.1) is 4.92 Å². The third kappa shape index (κ3) is 3.66. The molecule has 1 aromatic heterocycles. The fraction of sp³-hybridized carbons (Fsp3) is 0.583. The third-order valence-corrected chi connectivity index (χ3v) is 2.69. The van der Waals surface area contributed by atoms with E-state index in [-0.39, 0.29) is 11.7 Å². The van der Waals surface area contributed by atoms with Crippen LogP contribution in [0.4, 0.5) is 11.5 Å². The van der Waals surface area contributed by atoms with Crippen LogP contribution in [0.3, 0.4) is 0 Å². The summed E-state index contributed by atoms with van der Waals surface area (Å²) in [6, 6.07) is 1.63. The van der Waals surface area contributed by atoms with E-state index in [0.29, 0.717) is 23.8 Å². The zero-order chi connectivity index (χ0) is 13.7. The number of nitrogens with zero attached hydrogens (tertiary/aromatic N) is 2. The van der Waals surface area contributed by atoms with Crippen molar-refractivity contribution in [2.75, 3.05) is 11.9 Å². The molecule has 0 aliphatic heterocycles. The van der Waals surface area contributed by atoms with E-state index < -0.39 is 4.92 Å². The molecule has 0 saturated carbocycles. The minimum atomic E-state index is -0.409. The molecule has 6 nitrogen and oxygen atoms in total. The average Bonchev–Trinajstić information content (AvgIpc) is 2.27. The summed E-state index contributed by atoms with van der Waals surface area (Å²) in [6.45, 7) is 6.29. The number of nitrogens with two attached hydrogens (primary N) is 1. The van der Waals surface area contributed by atoms with Gasteiger partial charge in [0.2, 0.25) is 5.82 Å². The van der Waals surface area contributed by atoms with Crippen LogP contribution in [0.15, 0.2) is 12.3 Å². The second-order valence-corrected chi connectivity index (χ2v) is 4.79. The molecule has 1 atom stereocenters. The van der Waals surface area contributed by atoms with E-state index in [0.717, 1.165) is 6.42 Å². The van der Waals surface area contributed by atoms with E-state index in [1.165, 1.54) is 0 Å². The zero-order valence-corrected chi connectivity index (χ0v) is 11.0. The highest BCUT2D eigenvalue weighted by atomic mass is 16.6. The monoisotopic (exact) mass is 252 g/mol. The molecular formula is C12H20N4O2. The number of aryl methyl sites for hydroxylation is 1. The second-order valence-electron chi connectivity index (χ2n) is 4.79. The Labute approximate surface area is 107 Å². The van der Waals surface area contributed by atoms with Crippen molar-refractivity contribution in [3.63, 3.8) is 0 Å². The van der Waals surface area contributed by atoms with E-state index in [1.54, 1.807) is 19.2 Å². The van der Waals surface area contributed by atoms with Crippen molar-refractivity contribution >= 4 is 11.5 Å². The van der Waals surface area contributed by atoms with Crippen molar-refractivity contribution in [2.24, 2.45) is 11.7 Å². The topological polar surface area (TPSA) is 94.1 Å². The van der Waals surface area contributed by atoms with Gasteiger partial charge in [0.15, 0.2) is 0 Å². The van der Waals surface area contributed by atoms with Gasteiger partial charge in [-0.15, -0.1) is 0 Å². The Bertz CT molecular complexity index is 421. The molecule has 0 aliphatic rings. The predicted octanol–water partition coefficient (Wildman–Crippen LogP) is 2.08. The molecule has 0 radical (unpaired) electrons. The Morgan fingerprint density at radius 2 is 2.22 bits per heavy atom. The Kier molecular flexibility index (Phi) is 5.03. The van der Waals surface area contributed by atoms with Crippen LogP contribution >= 0.6 is 0 Å². The summed E-state index contributed by atoms with van der Waals surface area (Å²) in [5, 5.41) is 14.1. The number of nitro groups is 1. The Hall–Kier alpha value is -1.69. The molecule has 100 valence electrons. The van der Waals surface area contributed by atoms with E-state index in [9.17, 15) is 10.1 Å². The maximum Gasteiger partial charge on any atom is 0.314 e. The van der Waals surface area contributed by atoms with Gasteiger partial charge in [-0.3, -0.25) is 10.1 Å². The van der Waals surface area contributed by atoms with Crippen molar-refractivity contribution < 1.29 is 4.92 Å². The number of hydrogen-bond acceptors (Lipinski definition) is 5. The number of pyridine rings is 1. The summed E-state index contributed by atoms with van der Waals surface area (Å²) >= 11 is 0. The number of hydrogen-bond donors (Lipinski definition) is 2. The van der Waals surface area contributed by atoms with Gasteiger partial charge < -0.3 is 11.1 Å². The van der Waals surface area contributed by atoms with E-state index in [2.05, 4.69) is 24.1 Å². The number of aromatic nitrogens is 1. The van der Waals surface area contributed by atoms with Crippen LogP contribution in [-0.4, -0.2) is 22.5 Å². The molecule has 0 spiro atoms. The summed E-state index contributed by atoms with van der Waals surface area (Å²) in [4.78, 5) is 14.7. The molecule has 3 N–H and O–H groups in total. The zero-order valence-electron chi connectivity index (χ0n) is 11.0. The Balaban J connectivity index is 2.95. The van der Waals surface area contributed by atoms with Crippen molar-refractivity contribution in [1.82, 2.24) is 4.98 Å². The van der Waals surface area contributed by atoms with Gasteiger partial charge in [0.1, 0.15) is 0 Å². The average molecular weight is 252 g/mol. The smallest absolute Gasteiger partial charge is 0.314 e. The summed E-state index contributed by atoms with van der Waals surface area (Å²) < 4.78 is 0. The lowest BCUT2D eigenvalue weighted by atomic mass is 10.0. The number of nitrogens with one attached hydrogen (secondary N) is 1. The fourth-order valence-corrected chi connectivity index (χ4v) is 1.86. The predicted molar refractivity (Wildman–Crippen MR) is 71.5 cm³/mol. The Morgan fingerprint density at radius 3 is 2.72 bits per heavy atom. The lowest BCUT2D eigenvalue weighted by Gasteiger charge is -2.19. The van der Waals surface area contributed by atoms with E-state index in [4.69, 9.17) is 5.73 Å². The van der Waals surface area contributed by atoms with Crippen LogP contribution in [0.2, 0.25) is 0 Å². The quantitative estimate of drug-likeness (QED) is 0.597. The molecule has 0 aliphatic carbocycles. The molecule has 0 fully saturated rings. The molecule has 6 heteroatoms. The van der Waals surface area contributed by atoms with Crippen LogP contribution in [-0.2, 0) is 0 Å². The number of anilines is 1. The summed E-state index contributed by atoms with van der Waals surface area (Å²) in [5.41, 5.74) is 6.30. The Morgan fingerprint density at radius 1 is 1.56 bits per heavy atom. The van der Waals surface area contributed by atoms with E-state index >= 15 is 0 Å². The molecule has 1 heterocycles. The molecule has 0 aromatic carbocycles. The van der Waals surface area contributed by atoms with Crippen LogP contribution in [0.1, 0.15) is 25.8 Å². The molecule has 1 aromatic rings. The highest BCUT2D eigenvalue weighted by molar-refractivity contribution is 5.60. The van der Waals surface area contributed by atoms with Gasteiger partial charge in [-0.2, -0.15) is 0 Å². The first-order chi connectivity index (χ1) is 8.45. The van der Waals surface area contributed by atoms with Crippen molar-refractivity contribution in [1.29, 1.82) is 0 Å². The second kappa shape index (κ2) is 6.30. The highest BCUT2D eigenvalue weighted by Crippen LogP contribution is 2.26. The van der Waals surface area contributed by atoms with Gasteiger partial charge >= 0.3 is 5.69 Å². The lowest BCUT2D eigenvalue weighted by Crippen LogP contribution is -2.31. The first kappa shape index (κ1) is 14.4. The van der Waals surface area contributed by atoms with Gasteiger partial charge in [0.25, 0.3) is 0 Å². The summed E-state index contributed by atoms with van der Waals surface area (Å²) in [7, 11) is 0. The van der Waals surface area contributed by atoms with Crippen molar-refractivity contribution in [3.05, 3.63) is 27.9 Å². The lowest BCUT2D eigenvalue weighted by molar-refractivity contribution is -0.384. The number of rotatable bonds is 6. The normalized spacial score (nSPS) is 12.5. The van der Waals surface area contributed by atoms with Crippen LogP contribution in [0, 0.1) is 23.0 Å². The maximum absolute atomic E-state index is 11.0. The first-order valence-corrected chi connectivity index (χ1v) is 6.02. The highest BCUT2D eigenvalue weighted by Gasteiger charge is 2.20. The van der Waals surface area contributed by atoms with Crippen molar-refractivity contribution in [3.8, 4) is 0 Å². The summed E-state index contributed by atoms with van der Waals surface area (Å²) in [5.74, 6) is 0.769. The third-order valence-electron chi connectivity index (χ3n) is 2.69. The van der Waals surface area contributed by atoms with Gasteiger partial charge in [-0.05, 0) is 25.3 Å². The molecule has 0 saturated heterocycles. The van der Waals surface area contributed by atoms with Gasteiger partial charge in [0, 0.05) is 24.3 Å². The minimum Gasteiger partial charge on any atom is -0.360 e. The first-order valence-electron chi connectivity index (χ1n) is 6.02. The molecule has 18 heavy (non-hydrogen) atoms. The van der Waals surface area contributed by atoms with Crippen LogP contribution in [0.5, 0.6) is 0 Å². The molecular weight excluding hydrogens is 232 g/mol. The van der Waals surface area contributed by atoms with E-state index in [1.807, 2.05) is 0 Å². The summed E-state index contributed by atoms with van der Waals surface area (Å²) in [6.07, 6.45) is 2.41.